The van der Waals surface area contributed by atoms with Gasteiger partial charge in [-0.25, -0.2) is 4.39 Å². The van der Waals surface area contributed by atoms with Gasteiger partial charge in [0.05, 0.1) is 6.10 Å². The molecule has 2 rings (SSSR count). The minimum absolute atomic E-state index is 0.0838. The summed E-state index contributed by atoms with van der Waals surface area (Å²) in [6, 6.07) is 4.29. The Labute approximate surface area is 110 Å². The van der Waals surface area contributed by atoms with E-state index in [2.05, 4.69) is 10.2 Å². The summed E-state index contributed by atoms with van der Waals surface area (Å²) in [5.74, 6) is 0.719. The zero-order valence-corrected chi connectivity index (χ0v) is 10.8. The molecule has 0 radical (unpaired) electrons. The van der Waals surface area contributed by atoms with Crippen molar-refractivity contribution in [3.63, 3.8) is 0 Å². The van der Waals surface area contributed by atoms with Crippen molar-refractivity contribution in [2.24, 2.45) is 0 Å². The van der Waals surface area contributed by atoms with E-state index < -0.39 is 11.9 Å². The Morgan fingerprint density at radius 1 is 1.37 bits per heavy atom. The fourth-order valence-electron chi connectivity index (χ4n) is 1.57. The molecule has 0 bridgehead atoms. The van der Waals surface area contributed by atoms with E-state index >= 15 is 0 Å². The fourth-order valence-corrected chi connectivity index (χ4v) is 1.57. The monoisotopic (exact) mass is 266 g/mol. The number of hydrogen-bond donors (Lipinski definition) is 1. The van der Waals surface area contributed by atoms with Gasteiger partial charge in [0.2, 0.25) is 5.89 Å². The number of aliphatic hydroxyl groups is 1. The first-order chi connectivity index (χ1) is 9.10. The molecule has 1 aromatic carbocycles. The van der Waals surface area contributed by atoms with Crippen molar-refractivity contribution < 1.29 is 18.7 Å². The molecule has 0 unspecified atom stereocenters. The summed E-state index contributed by atoms with van der Waals surface area (Å²) in [4.78, 5) is 0. The maximum atomic E-state index is 13.6. The van der Waals surface area contributed by atoms with Crippen LogP contribution in [0.15, 0.2) is 22.6 Å². The van der Waals surface area contributed by atoms with Gasteiger partial charge >= 0.3 is 0 Å². The molecule has 1 N–H and O–H groups in total. The predicted octanol–water partition coefficient (Wildman–Crippen LogP) is 2.40. The second kappa shape index (κ2) is 5.79. The van der Waals surface area contributed by atoms with Crippen LogP contribution in [0.3, 0.4) is 0 Å². The molecule has 102 valence electrons. The van der Waals surface area contributed by atoms with Gasteiger partial charge in [0.15, 0.2) is 6.61 Å². The van der Waals surface area contributed by atoms with E-state index in [1.165, 1.54) is 19.1 Å². The number of aromatic nitrogens is 2. The Kier molecular flexibility index (Phi) is 4.11. The largest absolute Gasteiger partial charge is 0.484 e. The molecule has 0 amide bonds. The molecule has 0 spiro atoms. The average Bonchev–Trinajstić information content (AvgIpc) is 2.84. The van der Waals surface area contributed by atoms with Gasteiger partial charge in [-0.05, 0) is 19.1 Å². The molecule has 0 saturated heterocycles. The van der Waals surface area contributed by atoms with E-state index in [0.717, 1.165) is 0 Å². The number of aryl methyl sites for hydroxylation is 1. The predicted molar refractivity (Wildman–Crippen MR) is 65.0 cm³/mol. The SMILES string of the molecule is CCc1nnc(COc2ccc([C@H](C)O)c(F)c2)o1. The van der Waals surface area contributed by atoms with Crippen LogP contribution in [0.5, 0.6) is 5.75 Å². The van der Waals surface area contributed by atoms with Crippen LogP contribution in [0.25, 0.3) is 0 Å². The van der Waals surface area contributed by atoms with Gasteiger partial charge in [-0.2, -0.15) is 0 Å². The zero-order chi connectivity index (χ0) is 13.8. The van der Waals surface area contributed by atoms with E-state index in [9.17, 15) is 9.50 Å². The van der Waals surface area contributed by atoms with E-state index in [4.69, 9.17) is 9.15 Å². The fraction of sp³-hybridized carbons (Fsp3) is 0.385. The molecule has 0 fully saturated rings. The highest BCUT2D eigenvalue weighted by Crippen LogP contribution is 2.22. The Balaban J connectivity index is 2.01. The van der Waals surface area contributed by atoms with Crippen molar-refractivity contribution in [3.05, 3.63) is 41.4 Å². The Morgan fingerprint density at radius 2 is 2.11 bits per heavy atom. The molecule has 5 nitrogen and oxygen atoms in total. The lowest BCUT2D eigenvalue weighted by Gasteiger charge is -2.08. The number of hydrogen-bond acceptors (Lipinski definition) is 5. The van der Waals surface area contributed by atoms with Crippen LogP contribution in [-0.4, -0.2) is 15.3 Å². The van der Waals surface area contributed by atoms with Gasteiger partial charge in [-0.15, -0.1) is 10.2 Å². The molecule has 0 saturated carbocycles. The van der Waals surface area contributed by atoms with E-state index in [1.54, 1.807) is 6.07 Å². The second-order valence-corrected chi connectivity index (χ2v) is 4.09. The van der Waals surface area contributed by atoms with E-state index in [1.807, 2.05) is 6.92 Å². The van der Waals surface area contributed by atoms with Gasteiger partial charge in [0.1, 0.15) is 11.6 Å². The van der Waals surface area contributed by atoms with Crippen LogP contribution in [0, 0.1) is 5.82 Å². The van der Waals surface area contributed by atoms with Crippen molar-refractivity contribution in [1.82, 2.24) is 10.2 Å². The number of aliphatic hydroxyl groups excluding tert-OH is 1. The molecule has 0 aliphatic rings. The Hall–Kier alpha value is -1.95. The number of halogens is 1. The molecule has 6 heteroatoms. The molecule has 0 aliphatic carbocycles. The number of rotatable bonds is 5. The summed E-state index contributed by atoms with van der Waals surface area (Å²) >= 11 is 0. The van der Waals surface area contributed by atoms with Crippen LogP contribution in [-0.2, 0) is 13.0 Å². The summed E-state index contributed by atoms with van der Waals surface area (Å²) in [7, 11) is 0. The number of benzene rings is 1. The summed E-state index contributed by atoms with van der Waals surface area (Å²) < 4.78 is 24.2. The maximum absolute atomic E-state index is 13.6. The van der Waals surface area contributed by atoms with Gasteiger partial charge in [-0.1, -0.05) is 6.92 Å². The molecule has 19 heavy (non-hydrogen) atoms. The lowest BCUT2D eigenvalue weighted by atomic mass is 10.1. The second-order valence-electron chi connectivity index (χ2n) is 4.09. The lowest BCUT2D eigenvalue weighted by molar-refractivity contribution is 0.193. The van der Waals surface area contributed by atoms with Crippen molar-refractivity contribution in [2.45, 2.75) is 33.0 Å². The molecule has 1 heterocycles. The van der Waals surface area contributed by atoms with Crippen molar-refractivity contribution in [1.29, 1.82) is 0 Å². The van der Waals surface area contributed by atoms with E-state index in [0.29, 0.717) is 24.0 Å². The topological polar surface area (TPSA) is 68.4 Å². The highest BCUT2D eigenvalue weighted by atomic mass is 19.1. The standard InChI is InChI=1S/C13H15FN2O3/c1-3-12-15-16-13(19-12)7-18-9-4-5-10(8(2)17)11(14)6-9/h4-6,8,17H,3,7H2,1-2H3/t8-/m0/s1. The molecule has 1 aromatic heterocycles. The Morgan fingerprint density at radius 3 is 2.68 bits per heavy atom. The van der Waals surface area contributed by atoms with Crippen LogP contribution in [0.4, 0.5) is 4.39 Å². The van der Waals surface area contributed by atoms with Crippen LogP contribution < -0.4 is 4.74 Å². The van der Waals surface area contributed by atoms with Crippen molar-refractivity contribution in [3.8, 4) is 5.75 Å². The zero-order valence-electron chi connectivity index (χ0n) is 10.8. The highest BCUT2D eigenvalue weighted by molar-refractivity contribution is 5.30. The van der Waals surface area contributed by atoms with Crippen molar-refractivity contribution >= 4 is 0 Å². The first kappa shape index (κ1) is 13.5. The lowest BCUT2D eigenvalue weighted by Crippen LogP contribution is -1.99. The average molecular weight is 266 g/mol. The molecular weight excluding hydrogens is 251 g/mol. The molecule has 1 atom stereocenters. The molecular formula is C13H15FN2O3. The first-order valence-corrected chi connectivity index (χ1v) is 6.01. The number of ether oxygens (including phenoxy) is 1. The summed E-state index contributed by atoms with van der Waals surface area (Å²) in [6.07, 6.45) is -0.192. The Bertz CT molecular complexity index is 555. The number of nitrogens with zero attached hydrogens (tertiary/aromatic N) is 2. The van der Waals surface area contributed by atoms with Gasteiger partial charge < -0.3 is 14.3 Å². The van der Waals surface area contributed by atoms with Gasteiger partial charge in [0.25, 0.3) is 5.89 Å². The smallest absolute Gasteiger partial charge is 0.253 e. The van der Waals surface area contributed by atoms with Crippen LogP contribution in [0.1, 0.15) is 37.3 Å². The van der Waals surface area contributed by atoms with Gasteiger partial charge in [0, 0.05) is 18.1 Å². The third-order valence-electron chi connectivity index (χ3n) is 2.60. The van der Waals surface area contributed by atoms with Crippen molar-refractivity contribution in [2.75, 3.05) is 0 Å². The van der Waals surface area contributed by atoms with E-state index in [-0.39, 0.29) is 12.2 Å². The normalized spacial score (nSPS) is 12.4. The summed E-state index contributed by atoms with van der Waals surface area (Å²) in [5.41, 5.74) is 0.235. The quantitative estimate of drug-likeness (QED) is 0.900. The van der Waals surface area contributed by atoms with Crippen LogP contribution >= 0.6 is 0 Å². The minimum Gasteiger partial charge on any atom is -0.484 e. The van der Waals surface area contributed by atoms with Gasteiger partial charge in [-0.3, -0.25) is 0 Å². The highest BCUT2D eigenvalue weighted by Gasteiger charge is 2.10. The van der Waals surface area contributed by atoms with Crippen LogP contribution in [0.2, 0.25) is 0 Å². The maximum Gasteiger partial charge on any atom is 0.253 e. The molecule has 0 aliphatic heterocycles. The minimum atomic E-state index is -0.850. The first-order valence-electron chi connectivity index (χ1n) is 6.01. The third-order valence-corrected chi connectivity index (χ3v) is 2.60. The third kappa shape index (κ3) is 3.29. The summed E-state index contributed by atoms with van der Waals surface area (Å²) in [6.45, 7) is 3.49. The summed E-state index contributed by atoms with van der Waals surface area (Å²) in [5, 5.41) is 16.9. The molecule has 2 aromatic rings.